The topological polar surface area (TPSA) is 16.4 Å². The number of benzene rings is 6. The van der Waals surface area contributed by atoms with Gasteiger partial charge in [0.2, 0.25) is 0 Å². The molecule has 0 spiro atoms. The van der Waals surface area contributed by atoms with Crippen LogP contribution in [0.2, 0.25) is 0 Å². The first-order valence-corrected chi connectivity index (χ1v) is 20.0. The van der Waals surface area contributed by atoms with Gasteiger partial charge in [-0.1, -0.05) is 140 Å². The van der Waals surface area contributed by atoms with Crippen LogP contribution in [0.25, 0.3) is 60.5 Å². The fraction of sp³-hybridized carbons (Fsp3) is 0.111. The third-order valence-corrected chi connectivity index (χ3v) is 12.2. The van der Waals surface area contributed by atoms with Gasteiger partial charge in [0.1, 0.15) is 11.2 Å². The van der Waals surface area contributed by atoms with Crippen molar-refractivity contribution in [2.45, 2.75) is 25.7 Å². The molecule has 6 aromatic carbocycles. The van der Waals surface area contributed by atoms with E-state index in [0.29, 0.717) is 11.8 Å². The largest absolute Gasteiger partial charge is 0.456 e. The van der Waals surface area contributed by atoms with Crippen LogP contribution in [-0.2, 0) is 0 Å². The number of nitrogens with zero attached hydrogens (tertiary/aromatic N) is 1. The van der Waals surface area contributed by atoms with Crippen LogP contribution in [0.15, 0.2) is 209 Å². The molecule has 268 valence electrons. The highest BCUT2D eigenvalue weighted by Gasteiger charge is 2.30. The summed E-state index contributed by atoms with van der Waals surface area (Å²) < 4.78 is 6.30. The summed E-state index contributed by atoms with van der Waals surface area (Å²) in [7, 11) is 0. The summed E-state index contributed by atoms with van der Waals surface area (Å²) in [4.78, 5) is 2.47. The zero-order chi connectivity index (χ0) is 37.0. The Hall–Kier alpha value is -6.64. The van der Waals surface area contributed by atoms with Gasteiger partial charge in [-0.05, 0) is 130 Å². The number of fused-ring (bicyclic) bond motifs is 7. The number of furan rings is 1. The normalized spacial score (nSPS) is 18.6. The summed E-state index contributed by atoms with van der Waals surface area (Å²) in [5.41, 5.74) is 16.0. The Bertz CT molecular complexity index is 2910. The maximum Gasteiger partial charge on any atom is 0.136 e. The van der Waals surface area contributed by atoms with Gasteiger partial charge in [0.15, 0.2) is 0 Å². The van der Waals surface area contributed by atoms with E-state index in [1.807, 2.05) is 6.07 Å². The Morgan fingerprint density at radius 3 is 2.27 bits per heavy atom. The maximum atomic E-state index is 6.30. The number of para-hydroxylation sites is 1. The molecule has 7 aromatic rings. The third-order valence-electron chi connectivity index (χ3n) is 12.2. The Morgan fingerprint density at radius 2 is 1.38 bits per heavy atom. The minimum absolute atomic E-state index is 0.398. The molecule has 4 aliphatic carbocycles. The molecule has 0 radical (unpaired) electrons. The summed E-state index contributed by atoms with van der Waals surface area (Å²) >= 11 is 0. The van der Waals surface area contributed by atoms with E-state index in [4.69, 9.17) is 4.42 Å². The highest BCUT2D eigenvalue weighted by Crippen LogP contribution is 2.46. The van der Waals surface area contributed by atoms with Crippen LogP contribution in [-0.4, -0.2) is 0 Å². The number of anilines is 2. The van der Waals surface area contributed by atoms with Crippen LogP contribution in [0.3, 0.4) is 0 Å². The molecule has 0 aliphatic heterocycles. The number of hydrogen-bond donors (Lipinski definition) is 0. The fourth-order valence-corrected chi connectivity index (χ4v) is 9.48. The predicted octanol–water partition coefficient (Wildman–Crippen LogP) is 14.8. The fourth-order valence-electron chi connectivity index (χ4n) is 9.48. The lowest BCUT2D eigenvalue weighted by molar-refractivity contribution is 0.623. The predicted molar refractivity (Wildman–Crippen MR) is 236 cm³/mol. The zero-order valence-corrected chi connectivity index (χ0v) is 31.2. The first-order chi connectivity index (χ1) is 27.8. The molecule has 1 aromatic heterocycles. The Kier molecular flexibility index (Phi) is 7.95. The molecule has 4 aliphatic rings. The molecule has 0 amide bonds. The van der Waals surface area contributed by atoms with Gasteiger partial charge in [-0.15, -0.1) is 0 Å². The van der Waals surface area contributed by atoms with Crippen molar-refractivity contribution in [3.63, 3.8) is 0 Å². The summed E-state index contributed by atoms with van der Waals surface area (Å²) in [5, 5.41) is 4.75. The SMILES string of the molecule is C1=CCCC(N(c2ccc(C3=CC4C=CC=CC4C4=C3CCC=C4)cc2)c2ccc(-c3ccc4ccc5oc6ccccc6c5c4c3)c(-c3ccccc3)c2)=C1. The maximum absolute atomic E-state index is 6.30. The summed E-state index contributed by atoms with van der Waals surface area (Å²) in [6.45, 7) is 0. The van der Waals surface area contributed by atoms with Gasteiger partial charge in [0, 0.05) is 39.7 Å². The minimum atomic E-state index is 0.398. The smallest absolute Gasteiger partial charge is 0.136 e. The van der Waals surface area contributed by atoms with Gasteiger partial charge in [-0.2, -0.15) is 0 Å². The van der Waals surface area contributed by atoms with Crippen molar-refractivity contribution in [1.82, 2.24) is 0 Å². The molecular formula is C54H41NO. The quantitative estimate of drug-likeness (QED) is 0.170. The van der Waals surface area contributed by atoms with Crippen LogP contribution < -0.4 is 4.90 Å². The summed E-state index contributed by atoms with van der Waals surface area (Å²) in [5.74, 6) is 0.841. The highest BCUT2D eigenvalue weighted by atomic mass is 16.3. The number of allylic oxidation sites excluding steroid dienone is 14. The lowest BCUT2D eigenvalue weighted by atomic mass is 9.70. The van der Waals surface area contributed by atoms with Crippen molar-refractivity contribution in [2.24, 2.45) is 11.8 Å². The van der Waals surface area contributed by atoms with E-state index in [9.17, 15) is 0 Å². The molecule has 2 heteroatoms. The standard InChI is InChI=1S/C54H41NO/c1-3-13-36(14-4-1)50-35-43(30-31-45(50)40-24-23-38-27-32-53-54(51(38)34-40)48-21-11-12-22-52(48)56-53)55(41-16-5-2-6-17-41)42-28-25-37(26-29-42)49-33-39-15-7-8-18-44(39)46-19-9-10-20-47(46)49/h1-5,7-9,11-16,18-19,21-35,39,44H,6,10,17,20H2. The molecule has 2 atom stereocenters. The number of hydrogen-bond acceptors (Lipinski definition) is 2. The molecule has 0 saturated carbocycles. The lowest BCUT2D eigenvalue weighted by Gasteiger charge is -2.34. The Labute approximate surface area is 328 Å². The average Bonchev–Trinajstić information content (AvgIpc) is 3.66. The Balaban J connectivity index is 1.03. The van der Waals surface area contributed by atoms with Gasteiger partial charge in [0.05, 0.1) is 0 Å². The van der Waals surface area contributed by atoms with E-state index in [0.717, 1.165) is 47.9 Å². The van der Waals surface area contributed by atoms with E-state index in [2.05, 4.69) is 187 Å². The van der Waals surface area contributed by atoms with Crippen molar-refractivity contribution in [2.75, 3.05) is 4.90 Å². The van der Waals surface area contributed by atoms with Gasteiger partial charge < -0.3 is 9.32 Å². The van der Waals surface area contributed by atoms with Crippen LogP contribution >= 0.6 is 0 Å². The molecule has 0 fully saturated rings. The minimum Gasteiger partial charge on any atom is -0.456 e. The van der Waals surface area contributed by atoms with E-state index in [1.165, 1.54) is 72.1 Å². The van der Waals surface area contributed by atoms with Crippen molar-refractivity contribution in [3.05, 3.63) is 211 Å². The first-order valence-electron chi connectivity index (χ1n) is 20.0. The molecule has 0 bridgehead atoms. The molecule has 56 heavy (non-hydrogen) atoms. The third kappa shape index (κ3) is 5.56. The first kappa shape index (κ1) is 32.8. The summed E-state index contributed by atoms with van der Waals surface area (Å²) in [6, 6.07) is 46.8. The second kappa shape index (κ2) is 13.6. The monoisotopic (exact) mass is 719 g/mol. The van der Waals surface area contributed by atoms with E-state index >= 15 is 0 Å². The molecule has 2 unspecified atom stereocenters. The number of rotatable bonds is 6. The van der Waals surface area contributed by atoms with Crippen molar-refractivity contribution in [1.29, 1.82) is 0 Å². The van der Waals surface area contributed by atoms with Crippen LogP contribution in [0.4, 0.5) is 11.4 Å². The van der Waals surface area contributed by atoms with E-state index < -0.39 is 0 Å². The second-order valence-electron chi connectivity index (χ2n) is 15.4. The molecule has 1 heterocycles. The molecule has 0 saturated heterocycles. The lowest BCUT2D eigenvalue weighted by Crippen LogP contribution is -2.20. The van der Waals surface area contributed by atoms with Gasteiger partial charge in [0.25, 0.3) is 0 Å². The highest BCUT2D eigenvalue weighted by molar-refractivity contribution is 6.19. The van der Waals surface area contributed by atoms with E-state index in [-0.39, 0.29) is 0 Å². The molecule has 0 N–H and O–H groups in total. The van der Waals surface area contributed by atoms with Crippen LogP contribution in [0.5, 0.6) is 0 Å². The Morgan fingerprint density at radius 1 is 0.571 bits per heavy atom. The molecule has 2 nitrogen and oxygen atoms in total. The zero-order valence-electron chi connectivity index (χ0n) is 31.2. The van der Waals surface area contributed by atoms with Crippen molar-refractivity contribution < 1.29 is 4.42 Å². The molecular weight excluding hydrogens is 679 g/mol. The van der Waals surface area contributed by atoms with Crippen LogP contribution in [0, 0.1) is 11.8 Å². The van der Waals surface area contributed by atoms with Crippen LogP contribution in [0.1, 0.15) is 31.2 Å². The van der Waals surface area contributed by atoms with Crippen molar-refractivity contribution in [3.8, 4) is 22.3 Å². The second-order valence-corrected chi connectivity index (χ2v) is 15.4. The van der Waals surface area contributed by atoms with E-state index in [1.54, 1.807) is 0 Å². The average molecular weight is 720 g/mol. The summed E-state index contributed by atoms with van der Waals surface area (Å²) in [6.07, 6.45) is 27.4. The van der Waals surface area contributed by atoms with Crippen molar-refractivity contribution >= 4 is 49.7 Å². The van der Waals surface area contributed by atoms with Gasteiger partial charge in [-0.3, -0.25) is 0 Å². The van der Waals surface area contributed by atoms with Gasteiger partial charge >= 0.3 is 0 Å². The van der Waals surface area contributed by atoms with Gasteiger partial charge in [-0.25, -0.2) is 0 Å². The molecule has 11 rings (SSSR count).